The molecule has 154 valence electrons. The first kappa shape index (κ1) is 24.5. The predicted octanol–water partition coefficient (Wildman–Crippen LogP) is -3.51. The highest BCUT2D eigenvalue weighted by molar-refractivity contribution is 7.80. The molecule has 27 heavy (non-hydrogen) atoms. The van der Waals surface area contributed by atoms with Gasteiger partial charge in [0.05, 0.1) is 6.54 Å². The Balaban J connectivity index is 4.66. The minimum Gasteiger partial charge on any atom is -0.480 e. The first-order valence-corrected chi connectivity index (χ1v) is 8.74. The third kappa shape index (κ3) is 10.3. The standard InChI is InChI=1S/C14H27N7O5S/c1-7(19-12(24)9(6-27)20-10(22)5-15)11(23)21-8(13(25)26)3-2-4-18-14(16)17/h7-9,27H,2-6,15H2,1H3,(H,19,24)(H,20,22)(H,21,23)(H,25,26)(H4,16,17,18). The SMILES string of the molecule is CC(NC(=O)C(CS)NC(=O)CN)C(=O)NC(CCCN=C(N)N)C(=O)O. The summed E-state index contributed by atoms with van der Waals surface area (Å²) < 4.78 is 0. The van der Waals surface area contributed by atoms with E-state index in [2.05, 4.69) is 33.6 Å². The Labute approximate surface area is 162 Å². The van der Waals surface area contributed by atoms with Gasteiger partial charge in [-0.3, -0.25) is 19.4 Å². The largest absolute Gasteiger partial charge is 0.480 e. The molecule has 0 aliphatic heterocycles. The molecule has 0 aliphatic carbocycles. The molecule has 0 rings (SSSR count). The number of carboxylic acids is 1. The molecule has 0 saturated carbocycles. The van der Waals surface area contributed by atoms with Gasteiger partial charge in [-0.15, -0.1) is 0 Å². The lowest BCUT2D eigenvalue weighted by atomic mass is 10.1. The highest BCUT2D eigenvalue weighted by Gasteiger charge is 2.26. The lowest BCUT2D eigenvalue weighted by molar-refractivity contribution is -0.142. The number of hydrogen-bond donors (Lipinski definition) is 8. The summed E-state index contributed by atoms with van der Waals surface area (Å²) in [6.45, 7) is 1.30. The molecule has 0 saturated heterocycles. The molecule has 0 aromatic heterocycles. The van der Waals surface area contributed by atoms with Crippen molar-refractivity contribution >= 4 is 42.3 Å². The third-order valence-electron chi connectivity index (χ3n) is 3.33. The summed E-state index contributed by atoms with van der Waals surface area (Å²) in [4.78, 5) is 50.5. The van der Waals surface area contributed by atoms with Crippen molar-refractivity contribution in [3.63, 3.8) is 0 Å². The number of carbonyl (C=O) groups is 4. The van der Waals surface area contributed by atoms with E-state index < -0.39 is 41.8 Å². The normalized spacial score (nSPS) is 13.6. The van der Waals surface area contributed by atoms with Crippen molar-refractivity contribution in [3.05, 3.63) is 0 Å². The first-order valence-electron chi connectivity index (χ1n) is 8.11. The summed E-state index contributed by atoms with van der Waals surface area (Å²) >= 11 is 3.96. The number of nitrogens with one attached hydrogen (secondary N) is 3. The summed E-state index contributed by atoms with van der Waals surface area (Å²) in [6.07, 6.45) is 0.438. The van der Waals surface area contributed by atoms with E-state index in [-0.39, 0.29) is 31.2 Å². The van der Waals surface area contributed by atoms with Gasteiger partial charge in [0, 0.05) is 12.3 Å². The summed E-state index contributed by atoms with van der Waals surface area (Å²) in [5.74, 6) is -3.23. The van der Waals surface area contributed by atoms with E-state index >= 15 is 0 Å². The minimum atomic E-state index is -1.23. The fraction of sp³-hybridized carbons (Fsp3) is 0.643. The van der Waals surface area contributed by atoms with Crippen LogP contribution in [0, 0.1) is 0 Å². The molecule has 10 N–H and O–H groups in total. The number of amides is 3. The molecular formula is C14H27N7O5S. The molecule has 0 aromatic carbocycles. The van der Waals surface area contributed by atoms with Crippen LogP contribution in [0.2, 0.25) is 0 Å². The number of carbonyl (C=O) groups excluding carboxylic acids is 3. The van der Waals surface area contributed by atoms with Crippen LogP contribution >= 0.6 is 12.6 Å². The summed E-state index contributed by atoms with van der Waals surface area (Å²) in [7, 11) is 0. The van der Waals surface area contributed by atoms with Gasteiger partial charge >= 0.3 is 5.97 Å². The maximum atomic E-state index is 12.1. The zero-order chi connectivity index (χ0) is 21.0. The Bertz CT molecular complexity index is 568. The lowest BCUT2D eigenvalue weighted by Crippen LogP contribution is -2.55. The number of hydrogen-bond acceptors (Lipinski definition) is 7. The van der Waals surface area contributed by atoms with Crippen molar-refractivity contribution in [1.29, 1.82) is 0 Å². The van der Waals surface area contributed by atoms with Crippen molar-refractivity contribution in [1.82, 2.24) is 16.0 Å². The lowest BCUT2D eigenvalue weighted by Gasteiger charge is -2.21. The van der Waals surface area contributed by atoms with E-state index in [0.717, 1.165) is 0 Å². The van der Waals surface area contributed by atoms with Crippen LogP contribution in [0.15, 0.2) is 4.99 Å². The summed E-state index contributed by atoms with van der Waals surface area (Å²) in [5.41, 5.74) is 15.5. The van der Waals surface area contributed by atoms with Crippen molar-refractivity contribution in [2.45, 2.75) is 37.9 Å². The number of thiol groups is 1. The van der Waals surface area contributed by atoms with Crippen LogP contribution in [0.25, 0.3) is 0 Å². The highest BCUT2D eigenvalue weighted by Crippen LogP contribution is 2.00. The highest BCUT2D eigenvalue weighted by atomic mass is 32.1. The molecule has 12 nitrogen and oxygen atoms in total. The average Bonchev–Trinajstić information content (AvgIpc) is 2.60. The van der Waals surface area contributed by atoms with Crippen molar-refractivity contribution in [3.8, 4) is 0 Å². The molecule has 0 spiro atoms. The Kier molecular flexibility index (Phi) is 11.6. The fourth-order valence-electron chi connectivity index (χ4n) is 1.88. The molecule has 3 amide bonds. The van der Waals surface area contributed by atoms with E-state index in [1.165, 1.54) is 6.92 Å². The van der Waals surface area contributed by atoms with Gasteiger partial charge in [-0.05, 0) is 19.8 Å². The number of nitrogens with zero attached hydrogens (tertiary/aromatic N) is 1. The van der Waals surface area contributed by atoms with Gasteiger partial charge in [-0.2, -0.15) is 12.6 Å². The molecule has 0 bridgehead atoms. The Morgan fingerprint density at radius 2 is 1.70 bits per heavy atom. The number of rotatable bonds is 12. The van der Waals surface area contributed by atoms with E-state index in [4.69, 9.17) is 17.2 Å². The molecule has 0 heterocycles. The third-order valence-corrected chi connectivity index (χ3v) is 3.70. The number of nitrogens with two attached hydrogens (primary N) is 3. The van der Waals surface area contributed by atoms with Crippen LogP contribution in [0.4, 0.5) is 0 Å². The van der Waals surface area contributed by atoms with E-state index in [9.17, 15) is 24.3 Å². The first-order chi connectivity index (χ1) is 12.6. The zero-order valence-corrected chi connectivity index (χ0v) is 15.9. The molecule has 3 unspecified atom stereocenters. The number of guanidine groups is 1. The molecule has 13 heteroatoms. The second-order valence-electron chi connectivity index (χ2n) is 5.59. The average molecular weight is 405 g/mol. The van der Waals surface area contributed by atoms with Gasteiger partial charge in [0.1, 0.15) is 18.1 Å². The van der Waals surface area contributed by atoms with Crippen molar-refractivity contribution < 1.29 is 24.3 Å². The maximum absolute atomic E-state index is 12.1. The molecule has 0 fully saturated rings. The van der Waals surface area contributed by atoms with E-state index in [0.29, 0.717) is 6.42 Å². The Morgan fingerprint density at radius 1 is 1.07 bits per heavy atom. The predicted molar refractivity (Wildman–Crippen MR) is 102 cm³/mol. The smallest absolute Gasteiger partial charge is 0.326 e. The quantitative estimate of drug-likeness (QED) is 0.0703. The van der Waals surface area contributed by atoms with Crippen LogP contribution in [0.1, 0.15) is 19.8 Å². The fourth-order valence-corrected chi connectivity index (χ4v) is 2.14. The Morgan fingerprint density at radius 3 is 2.19 bits per heavy atom. The molecule has 0 radical (unpaired) electrons. The second kappa shape index (κ2) is 12.8. The Hall–Kier alpha value is -2.54. The van der Waals surface area contributed by atoms with Crippen molar-refractivity contribution in [2.75, 3.05) is 18.8 Å². The van der Waals surface area contributed by atoms with Gasteiger partial charge in [0.15, 0.2) is 5.96 Å². The van der Waals surface area contributed by atoms with Crippen LogP contribution in [0.3, 0.4) is 0 Å². The van der Waals surface area contributed by atoms with Gasteiger partial charge in [-0.25, -0.2) is 4.79 Å². The number of aliphatic carboxylic acids is 1. The van der Waals surface area contributed by atoms with Gasteiger partial charge in [0.2, 0.25) is 17.7 Å². The monoisotopic (exact) mass is 405 g/mol. The van der Waals surface area contributed by atoms with Gasteiger partial charge < -0.3 is 38.3 Å². The van der Waals surface area contributed by atoms with Gasteiger partial charge in [0.25, 0.3) is 0 Å². The maximum Gasteiger partial charge on any atom is 0.326 e. The number of carboxylic acid groups (broad SMARTS) is 1. The van der Waals surface area contributed by atoms with Crippen LogP contribution in [0.5, 0.6) is 0 Å². The number of aliphatic imine (C=N–C) groups is 1. The molecule has 0 aliphatic rings. The van der Waals surface area contributed by atoms with Crippen LogP contribution < -0.4 is 33.2 Å². The summed E-state index contributed by atoms with van der Waals surface area (Å²) in [6, 6.07) is -3.17. The van der Waals surface area contributed by atoms with Crippen molar-refractivity contribution in [2.24, 2.45) is 22.2 Å². The minimum absolute atomic E-state index is 0.00550. The second-order valence-corrected chi connectivity index (χ2v) is 5.95. The van der Waals surface area contributed by atoms with Crippen LogP contribution in [-0.4, -0.2) is 71.7 Å². The summed E-state index contributed by atoms with van der Waals surface area (Å²) in [5, 5.41) is 16.3. The van der Waals surface area contributed by atoms with E-state index in [1.807, 2.05) is 0 Å². The van der Waals surface area contributed by atoms with E-state index in [1.54, 1.807) is 0 Å². The van der Waals surface area contributed by atoms with Crippen LogP contribution in [-0.2, 0) is 19.2 Å². The van der Waals surface area contributed by atoms with Gasteiger partial charge in [-0.1, -0.05) is 0 Å². The zero-order valence-electron chi connectivity index (χ0n) is 15.0. The topological polar surface area (TPSA) is 215 Å². The molecular weight excluding hydrogens is 378 g/mol. The molecule has 0 aromatic rings. The molecule has 3 atom stereocenters.